The summed E-state index contributed by atoms with van der Waals surface area (Å²) in [6.07, 6.45) is 6.42. The van der Waals surface area contributed by atoms with Gasteiger partial charge in [-0.05, 0) is 42.7 Å². The van der Waals surface area contributed by atoms with Crippen molar-refractivity contribution in [1.29, 1.82) is 0 Å². The highest BCUT2D eigenvalue weighted by atomic mass is 16.5. The molecule has 0 unspecified atom stereocenters. The van der Waals surface area contributed by atoms with E-state index in [1.165, 1.54) is 43.4 Å². The topological polar surface area (TPSA) is 33.6 Å². The molecule has 1 aliphatic carbocycles. The van der Waals surface area contributed by atoms with E-state index in [9.17, 15) is 0 Å². The van der Waals surface area contributed by atoms with E-state index in [2.05, 4.69) is 17.4 Å². The van der Waals surface area contributed by atoms with E-state index in [0.29, 0.717) is 0 Å². The smallest absolute Gasteiger partial charge is 0.118 e. The van der Waals surface area contributed by atoms with Gasteiger partial charge in [-0.2, -0.15) is 0 Å². The molecule has 3 nitrogen and oxygen atoms in total. The average molecular weight is 244 g/mol. The molecule has 0 bridgehead atoms. The lowest BCUT2D eigenvalue weighted by atomic mass is 9.76. The van der Waals surface area contributed by atoms with Crippen LogP contribution in [0.2, 0.25) is 0 Å². The lowest BCUT2D eigenvalue weighted by Crippen LogP contribution is -2.49. The van der Waals surface area contributed by atoms with Crippen LogP contribution in [0.1, 0.15) is 37.7 Å². The van der Waals surface area contributed by atoms with Gasteiger partial charge in [-0.1, -0.05) is 19.3 Å². The Balaban J connectivity index is 1.89. The minimum absolute atomic E-state index is 0.146. The highest BCUT2D eigenvalue weighted by Crippen LogP contribution is 2.34. The molecule has 2 aliphatic rings. The predicted molar refractivity (Wildman–Crippen MR) is 73.3 cm³/mol. The van der Waals surface area contributed by atoms with Gasteiger partial charge >= 0.3 is 0 Å². The Bertz CT molecular complexity index is 444. The van der Waals surface area contributed by atoms with Crippen LogP contribution in [0, 0.1) is 0 Å². The minimum Gasteiger partial charge on any atom is -0.497 e. The molecular weight excluding hydrogens is 224 g/mol. The van der Waals surface area contributed by atoms with Crippen molar-refractivity contribution in [2.24, 2.45) is 4.99 Å². The van der Waals surface area contributed by atoms with Gasteiger partial charge in [0.2, 0.25) is 0 Å². The first-order valence-electron chi connectivity index (χ1n) is 6.78. The molecule has 0 saturated heterocycles. The van der Waals surface area contributed by atoms with Crippen LogP contribution < -0.4 is 10.1 Å². The molecule has 1 aromatic rings. The third kappa shape index (κ3) is 1.93. The van der Waals surface area contributed by atoms with Crippen LogP contribution in [0.3, 0.4) is 0 Å². The molecule has 0 radical (unpaired) electrons. The summed E-state index contributed by atoms with van der Waals surface area (Å²) in [5, 5.41) is 3.61. The van der Waals surface area contributed by atoms with Crippen LogP contribution in [0.25, 0.3) is 0 Å². The largest absolute Gasteiger partial charge is 0.497 e. The number of ether oxygens (including phenoxy) is 1. The number of benzene rings is 1. The van der Waals surface area contributed by atoms with E-state index < -0.39 is 0 Å². The van der Waals surface area contributed by atoms with Crippen LogP contribution in [0.4, 0.5) is 0 Å². The quantitative estimate of drug-likeness (QED) is 0.868. The molecule has 1 spiro atoms. The van der Waals surface area contributed by atoms with Crippen molar-refractivity contribution in [1.82, 2.24) is 5.32 Å². The Labute approximate surface area is 108 Å². The molecule has 1 N–H and O–H groups in total. The van der Waals surface area contributed by atoms with Gasteiger partial charge in [0, 0.05) is 0 Å². The summed E-state index contributed by atoms with van der Waals surface area (Å²) >= 11 is 0. The summed E-state index contributed by atoms with van der Waals surface area (Å²) in [5.74, 6) is 0.906. The normalized spacial score (nSPS) is 21.9. The Kier molecular flexibility index (Phi) is 3.08. The first-order valence-corrected chi connectivity index (χ1v) is 6.78. The SMILES string of the molecule is COc1ccc(C2=NCNC23CCCCC3)cc1. The zero-order valence-corrected chi connectivity index (χ0v) is 10.9. The molecule has 1 heterocycles. The second-order valence-corrected chi connectivity index (χ2v) is 5.21. The van der Waals surface area contributed by atoms with Gasteiger partial charge in [-0.25, -0.2) is 0 Å². The third-order valence-electron chi connectivity index (χ3n) is 4.18. The van der Waals surface area contributed by atoms with Gasteiger partial charge in [-0.3, -0.25) is 10.3 Å². The maximum absolute atomic E-state index is 5.21. The van der Waals surface area contributed by atoms with E-state index in [4.69, 9.17) is 9.73 Å². The first-order chi connectivity index (χ1) is 8.84. The second-order valence-electron chi connectivity index (χ2n) is 5.21. The van der Waals surface area contributed by atoms with Crippen LogP contribution in [0.15, 0.2) is 29.3 Å². The van der Waals surface area contributed by atoms with E-state index in [0.717, 1.165) is 12.4 Å². The summed E-state index contributed by atoms with van der Waals surface area (Å²) in [6, 6.07) is 8.29. The fourth-order valence-corrected chi connectivity index (χ4v) is 3.19. The Morgan fingerprint density at radius 2 is 1.83 bits per heavy atom. The highest BCUT2D eigenvalue weighted by molar-refractivity contribution is 6.08. The predicted octanol–water partition coefficient (Wildman–Crippen LogP) is 2.75. The summed E-state index contributed by atoms with van der Waals surface area (Å²) in [6.45, 7) is 0.765. The van der Waals surface area contributed by atoms with Gasteiger partial charge in [0.05, 0.1) is 25.0 Å². The zero-order valence-electron chi connectivity index (χ0n) is 10.9. The highest BCUT2D eigenvalue weighted by Gasteiger charge is 2.40. The van der Waals surface area contributed by atoms with Crippen molar-refractivity contribution >= 4 is 5.71 Å². The van der Waals surface area contributed by atoms with Crippen molar-refractivity contribution < 1.29 is 4.74 Å². The van der Waals surface area contributed by atoms with Gasteiger partial charge in [0.25, 0.3) is 0 Å². The lowest BCUT2D eigenvalue weighted by molar-refractivity contribution is 0.332. The molecule has 3 rings (SSSR count). The molecule has 1 aliphatic heterocycles. The fourth-order valence-electron chi connectivity index (χ4n) is 3.19. The summed E-state index contributed by atoms with van der Waals surface area (Å²) in [7, 11) is 1.70. The number of rotatable bonds is 2. The molecule has 0 atom stereocenters. The molecule has 1 saturated carbocycles. The van der Waals surface area contributed by atoms with Crippen molar-refractivity contribution in [2.45, 2.75) is 37.6 Å². The molecule has 96 valence electrons. The molecule has 18 heavy (non-hydrogen) atoms. The van der Waals surface area contributed by atoms with Crippen LogP contribution >= 0.6 is 0 Å². The van der Waals surface area contributed by atoms with Gasteiger partial charge < -0.3 is 4.74 Å². The first kappa shape index (κ1) is 11.7. The number of aliphatic imine (C=N–C) groups is 1. The molecule has 0 aromatic heterocycles. The number of methoxy groups -OCH3 is 1. The van der Waals surface area contributed by atoms with Gasteiger partial charge in [0.1, 0.15) is 5.75 Å². The third-order valence-corrected chi connectivity index (χ3v) is 4.18. The molecule has 1 aromatic carbocycles. The molecular formula is C15H20N2O. The number of hydrogen-bond acceptors (Lipinski definition) is 3. The Morgan fingerprint density at radius 1 is 1.11 bits per heavy atom. The van der Waals surface area contributed by atoms with E-state index >= 15 is 0 Å². The lowest BCUT2D eigenvalue weighted by Gasteiger charge is -2.35. The molecule has 3 heteroatoms. The van der Waals surface area contributed by atoms with Crippen molar-refractivity contribution in [3.05, 3.63) is 29.8 Å². The summed E-state index contributed by atoms with van der Waals surface area (Å²) in [5.41, 5.74) is 2.64. The standard InChI is InChI=1S/C15H20N2O/c1-18-13-7-5-12(6-8-13)14-15(17-11-16-14)9-3-2-4-10-15/h5-8,17H,2-4,9-11H2,1H3. The van der Waals surface area contributed by atoms with E-state index in [-0.39, 0.29) is 5.54 Å². The summed E-state index contributed by atoms with van der Waals surface area (Å²) in [4.78, 5) is 4.70. The van der Waals surface area contributed by atoms with E-state index in [1.807, 2.05) is 12.1 Å². The molecule has 0 amide bonds. The van der Waals surface area contributed by atoms with Crippen LogP contribution in [-0.2, 0) is 0 Å². The Hall–Kier alpha value is -1.35. The Morgan fingerprint density at radius 3 is 2.50 bits per heavy atom. The maximum atomic E-state index is 5.21. The second kappa shape index (κ2) is 4.73. The van der Waals surface area contributed by atoms with Crippen molar-refractivity contribution in [3.8, 4) is 5.75 Å². The molecule has 1 fully saturated rings. The number of nitrogens with one attached hydrogen (secondary N) is 1. The van der Waals surface area contributed by atoms with Crippen LogP contribution in [0.5, 0.6) is 5.75 Å². The zero-order chi connectivity index (χ0) is 12.4. The monoisotopic (exact) mass is 244 g/mol. The average Bonchev–Trinajstić information content (AvgIpc) is 2.83. The van der Waals surface area contributed by atoms with Crippen molar-refractivity contribution in [2.75, 3.05) is 13.8 Å². The van der Waals surface area contributed by atoms with Crippen LogP contribution in [-0.4, -0.2) is 25.0 Å². The maximum Gasteiger partial charge on any atom is 0.118 e. The van der Waals surface area contributed by atoms with E-state index in [1.54, 1.807) is 7.11 Å². The number of hydrogen-bond donors (Lipinski definition) is 1. The minimum atomic E-state index is 0.146. The van der Waals surface area contributed by atoms with Crippen molar-refractivity contribution in [3.63, 3.8) is 0 Å². The van der Waals surface area contributed by atoms with Gasteiger partial charge in [0.15, 0.2) is 0 Å². The fraction of sp³-hybridized carbons (Fsp3) is 0.533. The number of nitrogens with zero attached hydrogens (tertiary/aromatic N) is 1. The van der Waals surface area contributed by atoms with Gasteiger partial charge in [-0.15, -0.1) is 0 Å². The summed E-state index contributed by atoms with van der Waals surface area (Å²) < 4.78 is 5.21.